The summed E-state index contributed by atoms with van der Waals surface area (Å²) in [7, 11) is 0. The number of carbonyl (C=O) groups is 1. The van der Waals surface area contributed by atoms with Crippen LogP contribution in [0.25, 0.3) is 22.5 Å². The maximum atomic E-state index is 13.9. The molecule has 2 aliphatic rings. The number of ketones is 1. The Labute approximate surface area is 203 Å². The average molecular weight is 467 g/mol. The van der Waals surface area contributed by atoms with Gasteiger partial charge in [0.25, 0.3) is 0 Å². The number of rotatable bonds is 3. The highest BCUT2D eigenvalue weighted by Gasteiger charge is 2.53. The molecule has 6 heteroatoms. The lowest BCUT2D eigenvalue weighted by molar-refractivity contribution is -0.128. The van der Waals surface area contributed by atoms with E-state index in [1.807, 2.05) is 25.1 Å². The van der Waals surface area contributed by atoms with Gasteiger partial charge in [0, 0.05) is 35.1 Å². The number of aromatic nitrogens is 4. The topological polar surface area (TPSA) is 71.5 Å². The highest BCUT2D eigenvalue weighted by Crippen LogP contribution is 2.55. The van der Waals surface area contributed by atoms with E-state index in [0.29, 0.717) is 24.4 Å². The Hall–Kier alpha value is -3.67. The number of H-pyrrole nitrogens is 1. The third-order valence-electron chi connectivity index (χ3n) is 8.09. The van der Waals surface area contributed by atoms with E-state index in [2.05, 4.69) is 41.4 Å². The summed E-state index contributed by atoms with van der Waals surface area (Å²) in [6.07, 6.45) is 4.63. The first-order valence-corrected chi connectivity index (χ1v) is 12.2. The number of aromatic amines is 1. The number of fused-ring (bicyclic) bond motifs is 3. The molecule has 2 aliphatic carbocycles. The van der Waals surface area contributed by atoms with Crippen LogP contribution in [0.5, 0.6) is 0 Å². The van der Waals surface area contributed by atoms with Crippen molar-refractivity contribution in [2.24, 2.45) is 11.8 Å². The molecule has 1 N–H and O–H groups in total. The van der Waals surface area contributed by atoms with E-state index in [9.17, 15) is 9.18 Å². The summed E-state index contributed by atoms with van der Waals surface area (Å²) < 4.78 is 13.9. The van der Waals surface area contributed by atoms with Gasteiger partial charge >= 0.3 is 0 Å². The summed E-state index contributed by atoms with van der Waals surface area (Å²) in [4.78, 5) is 22.7. The zero-order chi connectivity index (χ0) is 24.2. The third kappa shape index (κ3) is 3.42. The molecule has 35 heavy (non-hydrogen) atoms. The lowest BCUT2D eigenvalue weighted by Gasteiger charge is -2.50. The number of nitrogens with one attached hydrogen (secondary N) is 1. The predicted molar refractivity (Wildman–Crippen MR) is 132 cm³/mol. The van der Waals surface area contributed by atoms with Crippen molar-refractivity contribution in [1.29, 1.82) is 0 Å². The largest absolute Gasteiger partial charge is 0.299 e. The number of halogens is 1. The van der Waals surface area contributed by atoms with Gasteiger partial charge in [0.05, 0.1) is 17.1 Å². The van der Waals surface area contributed by atoms with Crippen molar-refractivity contribution in [3.05, 3.63) is 89.3 Å². The molecule has 1 saturated carbocycles. The average Bonchev–Trinajstić information content (AvgIpc) is 3.41. The maximum Gasteiger partial charge on any atom is 0.136 e. The number of Topliss-reactive ketones (excluding diaryl/α,β-unsaturated/α-hetero) is 1. The molecule has 2 heterocycles. The Morgan fingerprint density at radius 3 is 2.43 bits per heavy atom. The molecule has 3 atom stereocenters. The number of benzene rings is 2. The standard InChI is InChI=1S/C29H27FN4O/c1-17-24-12-11-23-27(20-5-3-19(4-6-20)25-14-16-31-34-25)32-18(2)33-28(23)29(24,15-13-26(17)35)21-7-9-22(30)10-8-21/h3-10,14,16-17,24H,11-13,15H2,1-2H3,(H,31,34)/t17-,24-,29+/m0/s1. The Morgan fingerprint density at radius 1 is 0.971 bits per heavy atom. The molecule has 2 aromatic heterocycles. The van der Waals surface area contributed by atoms with Crippen LogP contribution in [0.4, 0.5) is 4.39 Å². The molecular weight excluding hydrogens is 439 g/mol. The summed E-state index contributed by atoms with van der Waals surface area (Å²) in [6, 6.07) is 17.1. The maximum absolute atomic E-state index is 13.9. The normalized spacial score (nSPS) is 23.6. The van der Waals surface area contributed by atoms with E-state index in [1.54, 1.807) is 6.20 Å². The van der Waals surface area contributed by atoms with E-state index in [1.165, 1.54) is 12.1 Å². The number of nitrogens with zero attached hydrogens (tertiary/aromatic N) is 3. The van der Waals surface area contributed by atoms with Crippen LogP contribution in [0.1, 0.15) is 48.8 Å². The van der Waals surface area contributed by atoms with Gasteiger partial charge in [-0.05, 0) is 61.4 Å². The third-order valence-corrected chi connectivity index (χ3v) is 8.09. The van der Waals surface area contributed by atoms with Gasteiger partial charge in [-0.2, -0.15) is 5.10 Å². The monoisotopic (exact) mass is 466 g/mol. The zero-order valence-corrected chi connectivity index (χ0v) is 19.9. The highest BCUT2D eigenvalue weighted by molar-refractivity contribution is 5.83. The second-order valence-corrected chi connectivity index (χ2v) is 9.87. The Bertz CT molecular complexity index is 1400. The molecule has 0 aliphatic heterocycles. The molecule has 0 amide bonds. The number of hydrogen-bond acceptors (Lipinski definition) is 4. The zero-order valence-electron chi connectivity index (χ0n) is 19.9. The van der Waals surface area contributed by atoms with Crippen molar-refractivity contribution in [2.75, 3.05) is 0 Å². The highest BCUT2D eigenvalue weighted by atomic mass is 19.1. The number of hydrogen-bond donors (Lipinski definition) is 1. The van der Waals surface area contributed by atoms with Crippen molar-refractivity contribution in [3.63, 3.8) is 0 Å². The van der Waals surface area contributed by atoms with E-state index >= 15 is 0 Å². The molecule has 0 radical (unpaired) electrons. The van der Waals surface area contributed by atoms with Crippen molar-refractivity contribution >= 4 is 5.78 Å². The van der Waals surface area contributed by atoms with Gasteiger partial charge in [0.15, 0.2) is 0 Å². The van der Waals surface area contributed by atoms with Crippen molar-refractivity contribution < 1.29 is 9.18 Å². The molecule has 0 spiro atoms. The van der Waals surface area contributed by atoms with Crippen LogP contribution in [0, 0.1) is 24.6 Å². The molecule has 0 saturated heterocycles. The quantitative estimate of drug-likeness (QED) is 0.412. The SMILES string of the molecule is Cc1nc(-c2ccc(-c3ccn[nH]3)cc2)c2c(n1)[C@@]1(c3ccc(F)cc3)CCC(=O)[C@@H](C)[C@@H]1CC2. The van der Waals surface area contributed by atoms with Gasteiger partial charge in [-0.3, -0.25) is 9.89 Å². The Balaban J connectivity index is 1.54. The van der Waals surface area contributed by atoms with Crippen LogP contribution in [0.15, 0.2) is 60.8 Å². The first-order chi connectivity index (χ1) is 17.0. The fraction of sp³-hybridized carbons (Fsp3) is 0.310. The van der Waals surface area contributed by atoms with Crippen molar-refractivity contribution in [3.8, 4) is 22.5 Å². The smallest absolute Gasteiger partial charge is 0.136 e. The van der Waals surface area contributed by atoms with Crippen LogP contribution in [0.2, 0.25) is 0 Å². The molecule has 5 nitrogen and oxygen atoms in total. The lowest BCUT2D eigenvalue weighted by Crippen LogP contribution is -2.50. The van der Waals surface area contributed by atoms with Gasteiger partial charge in [-0.25, -0.2) is 14.4 Å². The minimum atomic E-state index is -0.424. The van der Waals surface area contributed by atoms with E-state index in [4.69, 9.17) is 9.97 Å². The van der Waals surface area contributed by atoms with E-state index < -0.39 is 5.41 Å². The molecule has 0 unspecified atom stereocenters. The van der Waals surface area contributed by atoms with Gasteiger partial charge in [0.2, 0.25) is 0 Å². The summed E-state index contributed by atoms with van der Waals surface area (Å²) in [5.41, 5.74) is 6.81. The first kappa shape index (κ1) is 21.8. The predicted octanol–water partition coefficient (Wildman–Crippen LogP) is 5.83. The van der Waals surface area contributed by atoms with Crippen LogP contribution in [-0.4, -0.2) is 25.9 Å². The molecule has 0 bridgehead atoms. The van der Waals surface area contributed by atoms with Gasteiger partial charge < -0.3 is 0 Å². The van der Waals surface area contributed by atoms with Crippen LogP contribution in [0.3, 0.4) is 0 Å². The molecular formula is C29H27FN4O. The second-order valence-electron chi connectivity index (χ2n) is 9.87. The molecule has 176 valence electrons. The molecule has 1 fully saturated rings. The minimum Gasteiger partial charge on any atom is -0.299 e. The van der Waals surface area contributed by atoms with Gasteiger partial charge in [-0.15, -0.1) is 0 Å². The molecule has 2 aromatic carbocycles. The minimum absolute atomic E-state index is 0.0608. The van der Waals surface area contributed by atoms with E-state index in [0.717, 1.165) is 52.2 Å². The molecule has 6 rings (SSSR count). The Morgan fingerprint density at radius 2 is 1.71 bits per heavy atom. The summed E-state index contributed by atoms with van der Waals surface area (Å²) in [5, 5.41) is 7.05. The van der Waals surface area contributed by atoms with Gasteiger partial charge in [0.1, 0.15) is 17.4 Å². The molecule has 4 aromatic rings. The van der Waals surface area contributed by atoms with Crippen LogP contribution in [-0.2, 0) is 16.6 Å². The summed E-state index contributed by atoms with van der Waals surface area (Å²) >= 11 is 0. The first-order valence-electron chi connectivity index (χ1n) is 12.2. The van der Waals surface area contributed by atoms with Crippen LogP contribution >= 0.6 is 0 Å². The van der Waals surface area contributed by atoms with Crippen LogP contribution < -0.4 is 0 Å². The second kappa shape index (κ2) is 8.22. The summed E-state index contributed by atoms with van der Waals surface area (Å²) in [6.45, 7) is 3.99. The fourth-order valence-corrected chi connectivity index (χ4v) is 6.38. The van der Waals surface area contributed by atoms with Gasteiger partial charge in [-0.1, -0.05) is 43.3 Å². The Kier molecular flexibility index (Phi) is 5.13. The van der Waals surface area contributed by atoms with Crippen molar-refractivity contribution in [2.45, 2.75) is 44.9 Å². The fourth-order valence-electron chi connectivity index (χ4n) is 6.38. The van der Waals surface area contributed by atoms with Crippen molar-refractivity contribution in [1.82, 2.24) is 20.2 Å². The number of carbonyl (C=O) groups excluding carboxylic acids is 1. The lowest BCUT2D eigenvalue weighted by atomic mass is 9.52. The number of aryl methyl sites for hydroxylation is 1. The van der Waals surface area contributed by atoms with E-state index in [-0.39, 0.29) is 17.7 Å². The summed E-state index contributed by atoms with van der Waals surface area (Å²) in [5.74, 6) is 0.843.